The van der Waals surface area contributed by atoms with Gasteiger partial charge >= 0.3 is 0 Å². The van der Waals surface area contributed by atoms with Gasteiger partial charge in [-0.25, -0.2) is 0 Å². The molecule has 0 atom stereocenters. The number of carbonyl (C=O) groups excluding carboxylic acids is 1. The largest absolute Gasteiger partial charge is 0.355 e. The topological polar surface area (TPSA) is 51.2 Å². The van der Waals surface area contributed by atoms with Gasteiger partial charge in [0.25, 0.3) is 0 Å². The smallest absolute Gasteiger partial charge is 0.225 e. The average molecular weight is 510 g/mol. The highest BCUT2D eigenvalue weighted by Gasteiger charge is 2.31. The van der Waals surface area contributed by atoms with Crippen LogP contribution < -0.4 is 5.32 Å². The summed E-state index contributed by atoms with van der Waals surface area (Å²) in [5.41, 5.74) is 0. The maximum atomic E-state index is 12.3. The molecule has 27 heavy (non-hydrogen) atoms. The van der Waals surface area contributed by atoms with Gasteiger partial charge in [0, 0.05) is 75.8 Å². The Morgan fingerprint density at radius 1 is 1.15 bits per heavy atom. The molecule has 0 spiro atoms. The van der Waals surface area contributed by atoms with E-state index in [-0.39, 0.29) is 24.0 Å². The Bertz CT molecular complexity index is 518. The van der Waals surface area contributed by atoms with Crippen molar-refractivity contribution in [1.29, 1.82) is 0 Å². The lowest BCUT2D eigenvalue weighted by atomic mass is 9.84. The van der Waals surface area contributed by atoms with Crippen LogP contribution in [0.1, 0.15) is 33.1 Å². The molecular weight excluding hydrogens is 473 g/mol. The van der Waals surface area contributed by atoms with E-state index in [4.69, 9.17) is 0 Å². The lowest BCUT2D eigenvalue weighted by molar-refractivity contribution is -0.139. The summed E-state index contributed by atoms with van der Waals surface area (Å²) in [5.74, 6) is 2.92. The van der Waals surface area contributed by atoms with Crippen LogP contribution in [0.15, 0.2) is 4.99 Å². The van der Waals surface area contributed by atoms with Crippen LogP contribution in [0.5, 0.6) is 0 Å². The molecule has 8 heteroatoms. The quantitative estimate of drug-likeness (QED) is 0.357. The number of hydrogen-bond acceptors (Lipinski definition) is 4. The van der Waals surface area contributed by atoms with Crippen LogP contribution in [0, 0.1) is 5.92 Å². The second-order valence-electron chi connectivity index (χ2n) is 8.30. The third-order valence-electron chi connectivity index (χ3n) is 5.79. The molecule has 0 bridgehead atoms. The number of nitrogens with one attached hydrogen (secondary N) is 1. The van der Waals surface area contributed by atoms with Crippen LogP contribution in [-0.2, 0) is 4.79 Å². The van der Waals surface area contributed by atoms with E-state index in [1.54, 1.807) is 0 Å². The first-order valence-corrected chi connectivity index (χ1v) is 11.1. The molecule has 0 unspecified atom stereocenters. The Morgan fingerprint density at radius 2 is 1.85 bits per heavy atom. The van der Waals surface area contributed by atoms with Gasteiger partial charge in [-0.05, 0) is 26.7 Å². The lowest BCUT2D eigenvalue weighted by Gasteiger charge is -2.40. The molecule has 1 saturated carbocycles. The number of carbonyl (C=O) groups is 1. The van der Waals surface area contributed by atoms with Crippen molar-refractivity contribution in [2.24, 2.45) is 10.9 Å². The molecule has 0 radical (unpaired) electrons. The molecule has 0 aromatic carbocycles. The van der Waals surface area contributed by atoms with Crippen molar-refractivity contribution in [3.63, 3.8) is 0 Å². The van der Waals surface area contributed by atoms with Crippen molar-refractivity contribution in [3.05, 3.63) is 0 Å². The Balaban J connectivity index is 0.00000261. The maximum absolute atomic E-state index is 12.3. The maximum Gasteiger partial charge on any atom is 0.225 e. The predicted octanol–water partition coefficient (Wildman–Crippen LogP) is 1.95. The summed E-state index contributed by atoms with van der Waals surface area (Å²) >= 11 is 2.04. The number of piperazine rings is 1. The minimum absolute atomic E-state index is 0. The fraction of sp³-hybridized carbons (Fsp3) is 0.895. The number of hydrogen-bond donors (Lipinski definition) is 1. The highest BCUT2D eigenvalue weighted by Crippen LogP contribution is 2.29. The van der Waals surface area contributed by atoms with Gasteiger partial charge in [0.1, 0.15) is 0 Å². The zero-order valence-corrected chi connectivity index (χ0v) is 20.2. The molecule has 2 saturated heterocycles. The standard InChI is InChI=1S/C19H35N5OS.HI/c1-19(2)15-24(13-14-26-19)18(20-3)21-7-8-22-9-11-23(12-10-22)17(25)16-5-4-6-16;/h16H,4-15H2,1-3H3,(H,20,21);1H. The van der Waals surface area contributed by atoms with Gasteiger partial charge in [-0.3, -0.25) is 14.7 Å². The van der Waals surface area contributed by atoms with Gasteiger partial charge in [-0.1, -0.05) is 6.42 Å². The third-order valence-corrected chi connectivity index (χ3v) is 7.08. The van der Waals surface area contributed by atoms with Gasteiger partial charge in [0.15, 0.2) is 5.96 Å². The number of thioether (sulfide) groups is 1. The lowest BCUT2D eigenvalue weighted by Crippen LogP contribution is -2.54. The zero-order valence-electron chi connectivity index (χ0n) is 17.1. The van der Waals surface area contributed by atoms with E-state index < -0.39 is 0 Å². The van der Waals surface area contributed by atoms with Gasteiger partial charge in [-0.15, -0.1) is 24.0 Å². The highest BCUT2D eigenvalue weighted by molar-refractivity contribution is 14.0. The molecule has 6 nitrogen and oxygen atoms in total. The van der Waals surface area contributed by atoms with E-state index in [9.17, 15) is 4.79 Å². The van der Waals surface area contributed by atoms with Crippen molar-refractivity contribution >= 4 is 47.6 Å². The predicted molar refractivity (Wildman–Crippen MR) is 125 cm³/mol. The van der Waals surface area contributed by atoms with Crippen molar-refractivity contribution in [2.75, 3.05) is 65.2 Å². The van der Waals surface area contributed by atoms with Crippen molar-refractivity contribution in [3.8, 4) is 0 Å². The SMILES string of the molecule is CN=C(NCCN1CCN(C(=O)C2CCC2)CC1)N1CCSC(C)(C)C1.I. The summed E-state index contributed by atoms with van der Waals surface area (Å²) in [6, 6.07) is 0. The monoisotopic (exact) mass is 509 g/mol. The van der Waals surface area contributed by atoms with Crippen LogP contribution in [0.4, 0.5) is 0 Å². The summed E-state index contributed by atoms with van der Waals surface area (Å²) in [4.78, 5) is 23.7. The van der Waals surface area contributed by atoms with E-state index in [0.29, 0.717) is 16.6 Å². The number of halogens is 1. The molecule has 1 amide bonds. The molecule has 0 aromatic rings. The van der Waals surface area contributed by atoms with E-state index >= 15 is 0 Å². The number of nitrogens with zero attached hydrogens (tertiary/aromatic N) is 4. The van der Waals surface area contributed by atoms with Gasteiger partial charge in [-0.2, -0.15) is 11.8 Å². The third kappa shape index (κ3) is 6.39. The molecule has 156 valence electrons. The van der Waals surface area contributed by atoms with E-state index in [2.05, 4.69) is 38.9 Å². The Kier molecular flexibility index (Phi) is 8.99. The van der Waals surface area contributed by atoms with Gasteiger partial charge in [0.05, 0.1) is 0 Å². The average Bonchev–Trinajstić information content (AvgIpc) is 2.57. The zero-order chi connectivity index (χ0) is 18.6. The van der Waals surface area contributed by atoms with Crippen molar-refractivity contribution < 1.29 is 4.79 Å². The first kappa shape index (κ1) is 23.1. The van der Waals surface area contributed by atoms with Crippen LogP contribution in [0.25, 0.3) is 0 Å². The second-order valence-corrected chi connectivity index (χ2v) is 10.1. The summed E-state index contributed by atoms with van der Waals surface area (Å²) < 4.78 is 0.291. The summed E-state index contributed by atoms with van der Waals surface area (Å²) in [5, 5.41) is 3.54. The van der Waals surface area contributed by atoms with Crippen LogP contribution in [0.2, 0.25) is 0 Å². The molecule has 2 heterocycles. The first-order valence-electron chi connectivity index (χ1n) is 10.1. The summed E-state index contributed by atoms with van der Waals surface area (Å²) in [6.45, 7) is 12.4. The van der Waals surface area contributed by atoms with E-state index in [0.717, 1.165) is 76.9 Å². The highest BCUT2D eigenvalue weighted by atomic mass is 127. The minimum atomic E-state index is 0. The number of aliphatic imine (C=N–C) groups is 1. The van der Waals surface area contributed by atoms with Crippen molar-refractivity contribution in [1.82, 2.24) is 20.0 Å². The molecule has 3 aliphatic rings. The molecular formula is C19H36IN5OS. The Hall–Kier alpha value is -0.220. The first-order chi connectivity index (χ1) is 12.5. The minimum Gasteiger partial charge on any atom is -0.355 e. The molecule has 1 aliphatic carbocycles. The molecule has 0 aromatic heterocycles. The van der Waals surface area contributed by atoms with Gasteiger partial charge < -0.3 is 15.1 Å². The summed E-state index contributed by atoms with van der Waals surface area (Å²) in [7, 11) is 1.88. The number of rotatable bonds is 4. The fourth-order valence-electron chi connectivity index (χ4n) is 3.96. The Labute approximate surface area is 185 Å². The van der Waals surface area contributed by atoms with Crippen LogP contribution in [-0.4, -0.2) is 96.5 Å². The van der Waals surface area contributed by atoms with Gasteiger partial charge in [0.2, 0.25) is 5.91 Å². The molecule has 1 N–H and O–H groups in total. The number of guanidine groups is 1. The van der Waals surface area contributed by atoms with E-state index in [1.807, 2.05) is 18.8 Å². The molecule has 2 aliphatic heterocycles. The number of amides is 1. The Morgan fingerprint density at radius 3 is 2.41 bits per heavy atom. The fourth-order valence-corrected chi connectivity index (χ4v) is 5.07. The van der Waals surface area contributed by atoms with E-state index in [1.165, 1.54) is 6.42 Å². The van der Waals surface area contributed by atoms with Crippen LogP contribution >= 0.6 is 35.7 Å². The molecule has 3 fully saturated rings. The molecule has 3 rings (SSSR count). The second kappa shape index (κ2) is 10.5. The summed E-state index contributed by atoms with van der Waals surface area (Å²) in [6.07, 6.45) is 3.44. The van der Waals surface area contributed by atoms with Crippen molar-refractivity contribution in [2.45, 2.75) is 37.9 Å². The normalized spacial score (nSPS) is 24.2. The van der Waals surface area contributed by atoms with Crippen LogP contribution in [0.3, 0.4) is 0 Å².